The summed E-state index contributed by atoms with van der Waals surface area (Å²) in [4.78, 5) is 79.3. The minimum Gasteiger partial charge on any atom is -0.463 e. The number of Topliss-reactive ketones (excluding diaryl/α,β-unsaturated/α-hetero) is 1. The molecule has 5 atom stereocenters. The number of nitrogens with one attached hydrogen (secondary N) is 3. The van der Waals surface area contributed by atoms with Gasteiger partial charge in [-0.15, -0.1) is 6.58 Å². The molecular formula is C32H50N4O8. The Bertz CT molecular complexity index is 1160. The zero-order valence-electron chi connectivity index (χ0n) is 27.6. The molecule has 1 saturated heterocycles. The van der Waals surface area contributed by atoms with Crippen LogP contribution in [-0.2, 0) is 33.4 Å². The molecule has 2 rings (SSSR count). The van der Waals surface area contributed by atoms with Crippen molar-refractivity contribution in [2.75, 3.05) is 19.7 Å². The van der Waals surface area contributed by atoms with Gasteiger partial charge in [0.05, 0.1) is 12.6 Å². The average Bonchev–Trinajstić information content (AvgIpc) is 3.21. The molecule has 0 radical (unpaired) electrons. The summed E-state index contributed by atoms with van der Waals surface area (Å²) >= 11 is 0. The van der Waals surface area contributed by atoms with Crippen LogP contribution in [0.5, 0.6) is 0 Å². The Morgan fingerprint density at radius 1 is 1.05 bits per heavy atom. The molecular weight excluding hydrogens is 568 g/mol. The first-order valence-electron chi connectivity index (χ1n) is 15.1. The van der Waals surface area contributed by atoms with Gasteiger partial charge >= 0.3 is 12.1 Å². The van der Waals surface area contributed by atoms with Crippen LogP contribution in [0.1, 0.15) is 75.2 Å². The van der Waals surface area contributed by atoms with Crippen LogP contribution < -0.4 is 16.0 Å². The molecule has 1 saturated carbocycles. The van der Waals surface area contributed by atoms with Gasteiger partial charge in [-0.05, 0) is 63.2 Å². The molecule has 0 spiro atoms. The Kier molecular flexibility index (Phi) is 11.9. The van der Waals surface area contributed by atoms with E-state index in [9.17, 15) is 28.8 Å². The number of rotatable bonds is 13. The summed E-state index contributed by atoms with van der Waals surface area (Å²) in [6.07, 6.45) is 3.82. The zero-order valence-corrected chi connectivity index (χ0v) is 27.6. The van der Waals surface area contributed by atoms with E-state index in [1.807, 2.05) is 34.6 Å². The van der Waals surface area contributed by atoms with E-state index >= 15 is 0 Å². The molecule has 1 aliphatic carbocycles. The van der Waals surface area contributed by atoms with Gasteiger partial charge in [0.15, 0.2) is 0 Å². The maximum absolute atomic E-state index is 14.0. The summed E-state index contributed by atoms with van der Waals surface area (Å²) in [6, 6.07) is -3.05. The van der Waals surface area contributed by atoms with Crippen molar-refractivity contribution in [2.45, 2.75) is 98.9 Å². The number of alkyl carbamates (subject to hydrolysis) is 1. The fourth-order valence-corrected chi connectivity index (χ4v) is 5.61. The number of esters is 1. The second-order valence-electron chi connectivity index (χ2n) is 14.0. The minimum atomic E-state index is -1.16. The van der Waals surface area contributed by atoms with Gasteiger partial charge in [0.25, 0.3) is 5.91 Å². The van der Waals surface area contributed by atoms with Gasteiger partial charge < -0.3 is 30.3 Å². The lowest BCUT2D eigenvalue weighted by Crippen LogP contribution is -2.60. The summed E-state index contributed by atoms with van der Waals surface area (Å²) in [5.74, 6) is -3.43. The summed E-state index contributed by atoms with van der Waals surface area (Å²) in [6.45, 7) is 20.4. The number of ether oxygens (including phenoxy) is 2. The van der Waals surface area contributed by atoms with Gasteiger partial charge in [-0.25, -0.2) is 9.59 Å². The molecule has 2 fully saturated rings. The van der Waals surface area contributed by atoms with Crippen molar-refractivity contribution in [1.29, 1.82) is 0 Å². The maximum Gasteiger partial charge on any atom is 0.408 e. The molecule has 0 aromatic rings. The molecule has 2 aliphatic rings. The van der Waals surface area contributed by atoms with E-state index in [0.29, 0.717) is 13.0 Å². The van der Waals surface area contributed by atoms with Gasteiger partial charge in [-0.3, -0.25) is 19.2 Å². The normalized spacial score (nSPS) is 21.8. The van der Waals surface area contributed by atoms with Crippen molar-refractivity contribution < 1.29 is 38.2 Å². The molecule has 0 aromatic heterocycles. The zero-order chi connectivity index (χ0) is 33.6. The number of hydrogen-bond donors (Lipinski definition) is 3. The number of fused-ring (bicyclic) bond motifs is 1. The van der Waals surface area contributed by atoms with E-state index in [-0.39, 0.29) is 36.8 Å². The molecule has 246 valence electrons. The molecule has 12 heteroatoms. The molecule has 44 heavy (non-hydrogen) atoms. The lowest BCUT2D eigenvalue weighted by Gasteiger charge is -2.38. The Hall–Kier alpha value is -3.70. The molecule has 1 heterocycles. The standard InChI is InChI=1S/C32H50N4O8/c1-11-13-15-20(24(38)27(40)33-17-14-16-21(37)43-12-2)34-26(39)23-22-19(32(22,9)10)18-36(23)28(41)25(30(3,4)5)35-29(42)44-31(6,7)8/h11,14,16,19-20,22-23,25H,1,12-13,15,17-18H2,2-10H3,(H,33,40)(H,34,39)(H,35,42)/t19?,20-,22?,23?,25+/m0/s1. The van der Waals surface area contributed by atoms with Crippen LogP contribution >= 0.6 is 0 Å². The van der Waals surface area contributed by atoms with Crippen molar-refractivity contribution >= 4 is 35.6 Å². The first-order valence-corrected chi connectivity index (χ1v) is 15.1. The van der Waals surface area contributed by atoms with Crippen molar-refractivity contribution in [3.05, 3.63) is 24.8 Å². The van der Waals surface area contributed by atoms with Crippen molar-refractivity contribution in [3.63, 3.8) is 0 Å². The maximum atomic E-state index is 14.0. The van der Waals surface area contributed by atoms with Crippen LogP contribution in [0, 0.1) is 22.7 Å². The molecule has 12 nitrogen and oxygen atoms in total. The molecule has 1 aliphatic heterocycles. The van der Waals surface area contributed by atoms with Gasteiger partial charge in [0, 0.05) is 19.2 Å². The number of amides is 4. The van der Waals surface area contributed by atoms with Gasteiger partial charge in [0.1, 0.15) is 17.7 Å². The van der Waals surface area contributed by atoms with E-state index in [2.05, 4.69) is 22.5 Å². The summed E-state index contributed by atoms with van der Waals surface area (Å²) in [5, 5.41) is 7.86. The fourth-order valence-electron chi connectivity index (χ4n) is 5.61. The molecule has 0 aromatic carbocycles. The Balaban J connectivity index is 2.25. The van der Waals surface area contributed by atoms with E-state index < -0.39 is 64.7 Å². The predicted molar refractivity (Wildman–Crippen MR) is 164 cm³/mol. The third-order valence-corrected chi connectivity index (χ3v) is 7.97. The number of nitrogens with zero attached hydrogens (tertiary/aromatic N) is 1. The van der Waals surface area contributed by atoms with Crippen LogP contribution in [0.2, 0.25) is 0 Å². The van der Waals surface area contributed by atoms with Gasteiger partial charge in [0.2, 0.25) is 17.6 Å². The highest BCUT2D eigenvalue weighted by Gasteiger charge is 2.70. The Morgan fingerprint density at radius 3 is 2.23 bits per heavy atom. The predicted octanol–water partition coefficient (Wildman–Crippen LogP) is 2.66. The monoisotopic (exact) mass is 618 g/mol. The van der Waals surface area contributed by atoms with E-state index in [1.165, 1.54) is 11.0 Å². The molecule has 3 N–H and O–H groups in total. The highest BCUT2D eigenvalue weighted by atomic mass is 16.6. The summed E-state index contributed by atoms with van der Waals surface area (Å²) in [7, 11) is 0. The number of hydrogen-bond acceptors (Lipinski definition) is 8. The number of carbonyl (C=O) groups is 6. The lowest BCUT2D eigenvalue weighted by atomic mass is 9.85. The minimum absolute atomic E-state index is 0.0566. The van der Waals surface area contributed by atoms with E-state index in [4.69, 9.17) is 9.47 Å². The number of ketones is 1. The largest absolute Gasteiger partial charge is 0.463 e. The van der Waals surface area contributed by atoms with Crippen LogP contribution in [0.4, 0.5) is 4.79 Å². The van der Waals surface area contributed by atoms with Crippen LogP contribution in [0.3, 0.4) is 0 Å². The third kappa shape index (κ3) is 9.40. The highest BCUT2D eigenvalue weighted by molar-refractivity contribution is 6.38. The van der Waals surface area contributed by atoms with Gasteiger partial charge in [-0.2, -0.15) is 0 Å². The highest BCUT2D eigenvalue weighted by Crippen LogP contribution is 2.65. The van der Waals surface area contributed by atoms with Gasteiger partial charge in [-0.1, -0.05) is 46.8 Å². The first kappa shape index (κ1) is 36.5. The second kappa shape index (κ2) is 14.4. The quantitative estimate of drug-likeness (QED) is 0.123. The number of piperidine rings is 1. The fraction of sp³-hybridized carbons (Fsp3) is 0.688. The Labute approximate surface area is 260 Å². The summed E-state index contributed by atoms with van der Waals surface area (Å²) in [5.41, 5.74) is -1.69. The number of likely N-dealkylation sites (tertiary alicyclic amines) is 1. The lowest BCUT2D eigenvalue weighted by molar-refractivity contribution is -0.145. The third-order valence-electron chi connectivity index (χ3n) is 7.97. The van der Waals surface area contributed by atoms with E-state index in [0.717, 1.165) is 6.08 Å². The van der Waals surface area contributed by atoms with Crippen molar-refractivity contribution in [3.8, 4) is 0 Å². The second-order valence-corrected chi connectivity index (χ2v) is 14.0. The summed E-state index contributed by atoms with van der Waals surface area (Å²) < 4.78 is 10.2. The van der Waals surface area contributed by atoms with Crippen molar-refractivity contribution in [2.24, 2.45) is 22.7 Å². The molecule has 3 unspecified atom stereocenters. The topological polar surface area (TPSA) is 160 Å². The Morgan fingerprint density at radius 2 is 1.68 bits per heavy atom. The SMILES string of the molecule is C=CCC[C@H](NC(=O)C1C2C(CN1C(=O)[C@@H](NC(=O)OC(C)(C)C)C(C)(C)C)C2(C)C)C(=O)C(=O)NCC=CC(=O)OCC. The molecule has 0 bridgehead atoms. The first-order chi connectivity index (χ1) is 20.3. The van der Waals surface area contributed by atoms with Crippen LogP contribution in [-0.4, -0.2) is 83.9 Å². The van der Waals surface area contributed by atoms with Crippen LogP contribution in [0.15, 0.2) is 24.8 Å². The van der Waals surface area contributed by atoms with E-state index in [1.54, 1.807) is 33.8 Å². The van der Waals surface area contributed by atoms with Crippen molar-refractivity contribution in [1.82, 2.24) is 20.9 Å². The average molecular weight is 619 g/mol. The van der Waals surface area contributed by atoms with Crippen LogP contribution in [0.25, 0.3) is 0 Å². The number of allylic oxidation sites excluding steroid dienone is 1. The molecule has 4 amide bonds. The smallest absolute Gasteiger partial charge is 0.408 e. The number of carbonyl (C=O) groups excluding carboxylic acids is 6.